The number of carboxylic acids is 1. The highest BCUT2D eigenvalue weighted by molar-refractivity contribution is 5.77. The van der Waals surface area contributed by atoms with E-state index in [1.807, 2.05) is 31.2 Å². The Morgan fingerprint density at radius 3 is 2.54 bits per heavy atom. The van der Waals surface area contributed by atoms with Gasteiger partial charge in [0.15, 0.2) is 11.6 Å². The van der Waals surface area contributed by atoms with Gasteiger partial charge in [-0.3, -0.25) is 9.59 Å². The number of carbonyl (C=O) groups excluding carboxylic acids is 1. The fourth-order valence-corrected chi connectivity index (χ4v) is 2.63. The number of aryl methyl sites for hydroxylation is 1. The van der Waals surface area contributed by atoms with Crippen molar-refractivity contribution in [3.8, 4) is 5.75 Å². The van der Waals surface area contributed by atoms with Gasteiger partial charge in [0, 0.05) is 6.42 Å². The van der Waals surface area contributed by atoms with Gasteiger partial charge in [-0.2, -0.15) is 0 Å². The van der Waals surface area contributed by atoms with Crippen LogP contribution in [0.3, 0.4) is 0 Å². The number of carbonyl (C=O) groups is 2. The first-order valence-corrected chi connectivity index (χ1v) is 8.41. The molecule has 2 N–H and O–H groups in total. The van der Waals surface area contributed by atoms with E-state index in [0.29, 0.717) is 6.42 Å². The summed E-state index contributed by atoms with van der Waals surface area (Å²) < 4.78 is 18.7. The van der Waals surface area contributed by atoms with Crippen molar-refractivity contribution < 1.29 is 23.8 Å². The molecule has 0 aliphatic rings. The van der Waals surface area contributed by atoms with Crippen LogP contribution in [0.2, 0.25) is 0 Å². The average molecular weight is 359 g/mol. The lowest BCUT2D eigenvalue weighted by molar-refractivity contribution is -0.137. The van der Waals surface area contributed by atoms with E-state index in [2.05, 4.69) is 5.32 Å². The first kappa shape index (κ1) is 19.4. The van der Waals surface area contributed by atoms with Gasteiger partial charge in [0.2, 0.25) is 5.91 Å². The molecular formula is C20H22FNO4. The van der Waals surface area contributed by atoms with Gasteiger partial charge in [-0.15, -0.1) is 0 Å². The second-order valence-electron chi connectivity index (χ2n) is 5.96. The molecular weight excluding hydrogens is 337 g/mol. The van der Waals surface area contributed by atoms with Crippen LogP contribution in [0.1, 0.15) is 36.4 Å². The first-order valence-electron chi connectivity index (χ1n) is 8.41. The highest BCUT2D eigenvalue weighted by atomic mass is 19.1. The molecule has 0 saturated heterocycles. The van der Waals surface area contributed by atoms with Gasteiger partial charge in [0.05, 0.1) is 19.1 Å². The van der Waals surface area contributed by atoms with E-state index < -0.39 is 17.8 Å². The smallest absolute Gasteiger partial charge is 0.305 e. The summed E-state index contributed by atoms with van der Waals surface area (Å²) in [6, 6.07) is 12.8. The van der Waals surface area contributed by atoms with Crippen molar-refractivity contribution in [1.29, 1.82) is 0 Å². The molecule has 2 rings (SSSR count). The number of nitrogens with one attached hydrogen (secondary N) is 1. The van der Waals surface area contributed by atoms with Gasteiger partial charge in [-0.05, 0) is 36.6 Å². The zero-order valence-corrected chi connectivity index (χ0v) is 14.6. The summed E-state index contributed by atoms with van der Waals surface area (Å²) in [5.41, 5.74) is 1.70. The maximum Gasteiger partial charge on any atom is 0.305 e. The Balaban J connectivity index is 1.86. The molecule has 1 atom stereocenters. The van der Waals surface area contributed by atoms with Gasteiger partial charge in [-0.25, -0.2) is 4.39 Å². The number of para-hydroxylation sites is 1. The molecule has 0 aromatic heterocycles. The molecule has 1 amide bonds. The van der Waals surface area contributed by atoms with E-state index in [9.17, 15) is 14.0 Å². The fourth-order valence-electron chi connectivity index (χ4n) is 2.63. The van der Waals surface area contributed by atoms with Crippen LogP contribution >= 0.6 is 0 Å². The van der Waals surface area contributed by atoms with E-state index in [0.717, 1.165) is 11.1 Å². The van der Waals surface area contributed by atoms with Crippen molar-refractivity contribution in [2.75, 3.05) is 6.61 Å². The molecule has 0 fully saturated rings. The van der Waals surface area contributed by atoms with Crippen LogP contribution in [0.15, 0.2) is 48.5 Å². The van der Waals surface area contributed by atoms with Crippen molar-refractivity contribution in [2.24, 2.45) is 0 Å². The molecule has 2 aromatic carbocycles. The molecule has 0 spiro atoms. The molecule has 138 valence electrons. The third-order valence-corrected chi connectivity index (χ3v) is 3.92. The molecule has 0 radical (unpaired) electrons. The number of ether oxygens (including phenoxy) is 1. The van der Waals surface area contributed by atoms with Gasteiger partial charge in [-0.1, -0.05) is 36.4 Å². The maximum absolute atomic E-state index is 13.4. The van der Waals surface area contributed by atoms with E-state index in [1.54, 1.807) is 12.1 Å². The standard InChI is InChI=1S/C20H22FNO4/c1-14-7-2-3-8-15(14)17(13-20(24)25)22-19(23)11-6-12-26-18-10-5-4-9-16(18)21/h2-5,7-10,17H,6,11-13H2,1H3,(H,22,23)(H,24,25). The second-order valence-corrected chi connectivity index (χ2v) is 5.96. The number of rotatable bonds is 9. The van der Waals surface area contributed by atoms with E-state index in [4.69, 9.17) is 9.84 Å². The molecule has 2 aromatic rings. The molecule has 0 saturated carbocycles. The number of amides is 1. The van der Waals surface area contributed by atoms with Gasteiger partial charge >= 0.3 is 5.97 Å². The highest BCUT2D eigenvalue weighted by Gasteiger charge is 2.19. The third-order valence-electron chi connectivity index (χ3n) is 3.92. The van der Waals surface area contributed by atoms with Crippen LogP contribution in [0.5, 0.6) is 5.75 Å². The minimum Gasteiger partial charge on any atom is -0.491 e. The number of hydrogen-bond acceptors (Lipinski definition) is 3. The Morgan fingerprint density at radius 1 is 1.15 bits per heavy atom. The SMILES string of the molecule is Cc1ccccc1C(CC(=O)O)NC(=O)CCCOc1ccccc1F. The summed E-state index contributed by atoms with van der Waals surface area (Å²) in [4.78, 5) is 23.3. The van der Waals surface area contributed by atoms with Crippen molar-refractivity contribution >= 4 is 11.9 Å². The lowest BCUT2D eigenvalue weighted by atomic mass is 9.98. The fraction of sp³-hybridized carbons (Fsp3) is 0.300. The van der Waals surface area contributed by atoms with Crippen molar-refractivity contribution in [3.05, 3.63) is 65.5 Å². The highest BCUT2D eigenvalue weighted by Crippen LogP contribution is 2.21. The lowest BCUT2D eigenvalue weighted by Gasteiger charge is -2.19. The molecule has 26 heavy (non-hydrogen) atoms. The summed E-state index contributed by atoms with van der Waals surface area (Å²) in [6.07, 6.45) is 0.368. The van der Waals surface area contributed by atoms with Crippen molar-refractivity contribution in [1.82, 2.24) is 5.32 Å². The van der Waals surface area contributed by atoms with E-state index in [-0.39, 0.29) is 31.1 Å². The minimum atomic E-state index is -0.985. The van der Waals surface area contributed by atoms with Gasteiger partial charge in [0.25, 0.3) is 0 Å². The molecule has 5 nitrogen and oxygen atoms in total. The predicted molar refractivity (Wildman–Crippen MR) is 95.4 cm³/mol. The van der Waals surface area contributed by atoms with Crippen LogP contribution in [0, 0.1) is 12.7 Å². The van der Waals surface area contributed by atoms with E-state index >= 15 is 0 Å². The number of halogens is 1. The van der Waals surface area contributed by atoms with Crippen LogP contribution in [-0.2, 0) is 9.59 Å². The first-order chi connectivity index (χ1) is 12.5. The van der Waals surface area contributed by atoms with Gasteiger partial charge < -0.3 is 15.2 Å². The second kappa shape index (κ2) is 9.56. The van der Waals surface area contributed by atoms with Crippen molar-refractivity contribution in [3.63, 3.8) is 0 Å². The average Bonchev–Trinajstić information content (AvgIpc) is 2.59. The number of benzene rings is 2. The molecule has 1 unspecified atom stereocenters. The summed E-state index contributed by atoms with van der Waals surface area (Å²) in [6.45, 7) is 2.07. The van der Waals surface area contributed by atoms with Crippen LogP contribution in [0.4, 0.5) is 4.39 Å². The monoisotopic (exact) mass is 359 g/mol. The maximum atomic E-state index is 13.4. The Hall–Kier alpha value is -2.89. The number of carboxylic acid groups (broad SMARTS) is 1. The van der Waals surface area contributed by atoms with E-state index in [1.165, 1.54) is 12.1 Å². The summed E-state index contributed by atoms with van der Waals surface area (Å²) in [7, 11) is 0. The molecule has 0 heterocycles. The zero-order valence-electron chi connectivity index (χ0n) is 14.6. The number of aliphatic carboxylic acids is 1. The Bertz CT molecular complexity index is 763. The van der Waals surface area contributed by atoms with Crippen LogP contribution in [-0.4, -0.2) is 23.6 Å². The summed E-state index contributed by atoms with van der Waals surface area (Å²) in [5.74, 6) is -1.55. The third kappa shape index (κ3) is 5.88. The quantitative estimate of drug-likeness (QED) is 0.671. The van der Waals surface area contributed by atoms with Gasteiger partial charge in [0.1, 0.15) is 0 Å². The normalized spacial score (nSPS) is 11.6. The van der Waals surface area contributed by atoms with Crippen molar-refractivity contribution in [2.45, 2.75) is 32.2 Å². The Morgan fingerprint density at radius 2 is 1.85 bits per heavy atom. The molecule has 0 bridgehead atoms. The zero-order chi connectivity index (χ0) is 18.9. The lowest BCUT2D eigenvalue weighted by Crippen LogP contribution is -2.30. The molecule has 6 heteroatoms. The van der Waals surface area contributed by atoms with Crippen LogP contribution in [0.25, 0.3) is 0 Å². The largest absolute Gasteiger partial charge is 0.491 e. The minimum absolute atomic E-state index is 0.150. The molecule has 0 aliphatic heterocycles. The topological polar surface area (TPSA) is 75.6 Å². The Labute approximate surface area is 151 Å². The number of hydrogen-bond donors (Lipinski definition) is 2. The molecule has 0 aliphatic carbocycles. The van der Waals surface area contributed by atoms with Crippen LogP contribution < -0.4 is 10.1 Å². The predicted octanol–water partition coefficient (Wildman–Crippen LogP) is 3.63. The summed E-state index contributed by atoms with van der Waals surface area (Å²) in [5, 5.41) is 11.9. The Kier molecular flexibility index (Phi) is 7.14. The summed E-state index contributed by atoms with van der Waals surface area (Å²) >= 11 is 0.